The van der Waals surface area contributed by atoms with Crippen molar-refractivity contribution in [1.29, 1.82) is 0 Å². The van der Waals surface area contributed by atoms with E-state index in [1.165, 1.54) is 0 Å². The van der Waals surface area contributed by atoms with E-state index in [1.54, 1.807) is 4.90 Å². The highest BCUT2D eigenvalue weighted by atomic mass is 79.9. The number of carbonyl (C=O) groups is 1. The Labute approximate surface area is 111 Å². The zero-order valence-corrected chi connectivity index (χ0v) is 11.1. The lowest BCUT2D eigenvalue weighted by Crippen LogP contribution is -2.36. The molecule has 0 saturated carbocycles. The normalized spacial score (nSPS) is 19.6. The summed E-state index contributed by atoms with van der Waals surface area (Å²) in [4.78, 5) is 13.0. The average Bonchev–Trinajstić information content (AvgIpc) is 2.92. The first-order valence-electron chi connectivity index (χ1n) is 5.71. The molecule has 5 nitrogen and oxygen atoms in total. The van der Waals surface area contributed by atoms with E-state index in [1.807, 2.05) is 18.2 Å². The molecule has 94 valence electrons. The Hall–Kier alpha value is -1.56. The maximum absolute atomic E-state index is 11.2. The molecule has 0 bridgehead atoms. The summed E-state index contributed by atoms with van der Waals surface area (Å²) < 4.78 is 6.16. The topological polar surface area (TPSA) is 66.6 Å². The monoisotopic (exact) mass is 310 g/mol. The van der Waals surface area contributed by atoms with Crippen molar-refractivity contribution in [2.24, 2.45) is 0 Å². The molecule has 1 aromatic heterocycles. The van der Waals surface area contributed by atoms with Gasteiger partial charge in [0.2, 0.25) is 0 Å². The molecule has 1 saturated heterocycles. The van der Waals surface area contributed by atoms with Gasteiger partial charge in [-0.15, -0.1) is 0 Å². The number of carboxylic acid groups (broad SMARTS) is 1. The summed E-state index contributed by atoms with van der Waals surface area (Å²) in [6, 6.07) is 5.09. The number of halogens is 1. The fourth-order valence-corrected chi connectivity index (χ4v) is 2.74. The van der Waals surface area contributed by atoms with E-state index in [2.05, 4.69) is 21.1 Å². The highest BCUT2D eigenvalue weighted by Gasteiger charge is 2.33. The van der Waals surface area contributed by atoms with Crippen LogP contribution in [0.1, 0.15) is 12.8 Å². The predicted molar refractivity (Wildman–Crippen MR) is 69.7 cm³/mol. The van der Waals surface area contributed by atoms with Gasteiger partial charge in [0.05, 0.1) is 5.39 Å². The molecular weight excluding hydrogens is 300 g/mol. The van der Waals surface area contributed by atoms with Gasteiger partial charge in [-0.05, 0) is 31.0 Å². The summed E-state index contributed by atoms with van der Waals surface area (Å²) in [5, 5.41) is 14.1. The molecule has 0 amide bonds. The highest BCUT2D eigenvalue weighted by molar-refractivity contribution is 9.10. The Morgan fingerprint density at radius 3 is 3.17 bits per heavy atom. The first-order chi connectivity index (χ1) is 8.66. The van der Waals surface area contributed by atoms with Gasteiger partial charge in [0.1, 0.15) is 6.04 Å². The molecule has 2 heterocycles. The number of carboxylic acids is 1. The van der Waals surface area contributed by atoms with Crippen molar-refractivity contribution < 1.29 is 14.4 Å². The van der Waals surface area contributed by atoms with E-state index in [4.69, 9.17) is 4.52 Å². The number of nitrogens with zero attached hydrogens (tertiary/aromatic N) is 2. The molecule has 1 aliphatic heterocycles. The lowest BCUT2D eigenvalue weighted by Gasteiger charge is -2.20. The minimum Gasteiger partial charge on any atom is -0.480 e. The summed E-state index contributed by atoms with van der Waals surface area (Å²) in [6.07, 6.45) is 1.51. The van der Waals surface area contributed by atoms with Crippen LogP contribution in [0.2, 0.25) is 0 Å². The van der Waals surface area contributed by atoms with Crippen molar-refractivity contribution >= 4 is 38.7 Å². The molecule has 18 heavy (non-hydrogen) atoms. The Morgan fingerprint density at radius 2 is 2.39 bits per heavy atom. The fraction of sp³-hybridized carbons (Fsp3) is 0.333. The van der Waals surface area contributed by atoms with Gasteiger partial charge in [-0.3, -0.25) is 0 Å². The van der Waals surface area contributed by atoms with Crippen LogP contribution in [-0.4, -0.2) is 28.8 Å². The summed E-state index contributed by atoms with van der Waals surface area (Å²) in [7, 11) is 0. The standard InChI is InChI=1S/C12H11BrN2O3/c13-7-3-4-10-8(6-7)11(14-18-10)15-5-1-2-9(15)12(16)17/h3-4,6,9H,1-2,5H2,(H,16,17)/t9-/m1/s1. The maximum atomic E-state index is 11.2. The smallest absolute Gasteiger partial charge is 0.326 e. The molecular formula is C12H11BrN2O3. The second kappa shape index (κ2) is 4.28. The molecule has 2 aromatic rings. The number of benzene rings is 1. The SMILES string of the molecule is O=C(O)[C@H]1CCCN1c1noc2ccc(Br)cc12. The molecule has 6 heteroatoms. The van der Waals surface area contributed by atoms with Crippen LogP contribution >= 0.6 is 15.9 Å². The number of hydrogen-bond donors (Lipinski definition) is 1. The zero-order valence-electron chi connectivity index (χ0n) is 9.47. The zero-order chi connectivity index (χ0) is 12.7. The maximum Gasteiger partial charge on any atom is 0.326 e. The minimum absolute atomic E-state index is 0.503. The van der Waals surface area contributed by atoms with Gasteiger partial charge in [-0.2, -0.15) is 0 Å². The number of hydrogen-bond acceptors (Lipinski definition) is 4. The lowest BCUT2D eigenvalue weighted by atomic mass is 10.2. The molecule has 1 fully saturated rings. The van der Waals surface area contributed by atoms with Crippen LogP contribution in [0, 0.1) is 0 Å². The van der Waals surface area contributed by atoms with E-state index in [0.717, 1.165) is 16.3 Å². The molecule has 1 aliphatic rings. The molecule has 1 N–H and O–H groups in total. The summed E-state index contributed by atoms with van der Waals surface area (Å²) in [5.41, 5.74) is 0.671. The minimum atomic E-state index is -0.807. The number of aliphatic carboxylic acids is 1. The lowest BCUT2D eigenvalue weighted by molar-refractivity contribution is -0.138. The van der Waals surface area contributed by atoms with Gasteiger partial charge >= 0.3 is 5.97 Å². The van der Waals surface area contributed by atoms with Gasteiger partial charge < -0.3 is 14.5 Å². The van der Waals surface area contributed by atoms with Gasteiger partial charge in [-0.25, -0.2) is 4.79 Å². The Bertz CT molecular complexity index is 610. The van der Waals surface area contributed by atoms with Crippen molar-refractivity contribution in [3.05, 3.63) is 22.7 Å². The first kappa shape index (κ1) is 11.5. The van der Waals surface area contributed by atoms with Gasteiger partial charge in [-0.1, -0.05) is 21.1 Å². The number of aromatic nitrogens is 1. The largest absolute Gasteiger partial charge is 0.480 e. The molecule has 0 radical (unpaired) electrons. The quantitative estimate of drug-likeness (QED) is 0.923. The van der Waals surface area contributed by atoms with Crippen LogP contribution < -0.4 is 4.90 Å². The van der Waals surface area contributed by atoms with Crippen molar-refractivity contribution in [2.75, 3.05) is 11.4 Å². The van der Waals surface area contributed by atoms with Crippen molar-refractivity contribution in [2.45, 2.75) is 18.9 Å². The number of anilines is 1. The van der Waals surface area contributed by atoms with Crippen molar-refractivity contribution in [3.63, 3.8) is 0 Å². The third-order valence-corrected chi connectivity index (χ3v) is 3.72. The predicted octanol–water partition coefficient (Wildman–Crippen LogP) is 2.64. The third-order valence-electron chi connectivity index (χ3n) is 3.22. The van der Waals surface area contributed by atoms with Crippen LogP contribution in [0.5, 0.6) is 0 Å². The average molecular weight is 311 g/mol. The summed E-state index contributed by atoms with van der Waals surface area (Å²) in [5.74, 6) is -0.185. The third kappa shape index (κ3) is 1.77. The molecule has 0 aliphatic carbocycles. The van der Waals surface area contributed by atoms with Crippen molar-refractivity contribution in [3.8, 4) is 0 Å². The first-order valence-corrected chi connectivity index (χ1v) is 6.50. The fourth-order valence-electron chi connectivity index (χ4n) is 2.38. The van der Waals surface area contributed by atoms with E-state index in [9.17, 15) is 9.90 Å². The number of fused-ring (bicyclic) bond motifs is 1. The summed E-state index contributed by atoms with van der Waals surface area (Å²) in [6.45, 7) is 0.700. The summed E-state index contributed by atoms with van der Waals surface area (Å²) >= 11 is 3.40. The number of rotatable bonds is 2. The van der Waals surface area contributed by atoms with Gasteiger partial charge in [0.25, 0.3) is 0 Å². The van der Waals surface area contributed by atoms with Crippen LogP contribution in [-0.2, 0) is 4.79 Å². The van der Waals surface area contributed by atoms with E-state index in [-0.39, 0.29) is 0 Å². The van der Waals surface area contributed by atoms with E-state index >= 15 is 0 Å². The van der Waals surface area contributed by atoms with Crippen LogP contribution in [0.3, 0.4) is 0 Å². The van der Waals surface area contributed by atoms with Gasteiger partial charge in [0.15, 0.2) is 11.4 Å². The van der Waals surface area contributed by atoms with E-state index < -0.39 is 12.0 Å². The Balaban J connectivity index is 2.08. The molecule has 1 aromatic carbocycles. The second-order valence-electron chi connectivity index (χ2n) is 4.34. The molecule has 1 atom stereocenters. The molecule has 0 spiro atoms. The Kier molecular flexibility index (Phi) is 2.74. The van der Waals surface area contributed by atoms with E-state index in [0.29, 0.717) is 24.4 Å². The highest BCUT2D eigenvalue weighted by Crippen LogP contribution is 2.33. The molecule has 0 unspecified atom stereocenters. The second-order valence-corrected chi connectivity index (χ2v) is 5.25. The van der Waals surface area contributed by atoms with Crippen molar-refractivity contribution in [1.82, 2.24) is 5.16 Å². The van der Waals surface area contributed by atoms with Crippen LogP contribution in [0.15, 0.2) is 27.2 Å². The van der Waals surface area contributed by atoms with Crippen LogP contribution in [0.25, 0.3) is 11.0 Å². The Morgan fingerprint density at radius 1 is 1.56 bits per heavy atom. The molecule has 3 rings (SSSR count). The van der Waals surface area contributed by atoms with Crippen LogP contribution in [0.4, 0.5) is 5.82 Å². The van der Waals surface area contributed by atoms with Gasteiger partial charge in [0, 0.05) is 11.0 Å².